The lowest BCUT2D eigenvalue weighted by atomic mass is 9.89. The van der Waals surface area contributed by atoms with Crippen molar-refractivity contribution in [3.8, 4) is 0 Å². The molecule has 2 aliphatic rings. The fourth-order valence-electron chi connectivity index (χ4n) is 3.73. The molecule has 0 amide bonds. The van der Waals surface area contributed by atoms with Crippen LogP contribution < -0.4 is 5.73 Å². The molecule has 0 aromatic carbocycles. The zero-order valence-corrected chi connectivity index (χ0v) is 17.0. The minimum absolute atomic E-state index is 0.241. The second kappa shape index (κ2) is 11.1. The van der Waals surface area contributed by atoms with Gasteiger partial charge in [0.25, 0.3) is 0 Å². The molecule has 0 aromatic heterocycles. The number of carboxylic acids is 1. The van der Waals surface area contributed by atoms with Crippen molar-refractivity contribution in [2.45, 2.75) is 44.2 Å². The number of ether oxygens (including phenoxy) is 2. The number of fused-ring (bicyclic) bond motifs is 1. The van der Waals surface area contributed by atoms with E-state index in [9.17, 15) is 19.5 Å². The number of hydrogen-bond acceptors (Lipinski definition) is 9. The average molecular weight is 426 g/mol. The van der Waals surface area contributed by atoms with Gasteiger partial charge in [0.1, 0.15) is 18.8 Å². The highest BCUT2D eigenvalue weighted by molar-refractivity contribution is 5.91. The number of hydrogen-bond donors (Lipinski definition) is 4. The van der Waals surface area contributed by atoms with E-state index in [-0.39, 0.29) is 12.5 Å². The Labute approximate surface area is 174 Å². The fourth-order valence-corrected chi connectivity index (χ4v) is 3.73. The van der Waals surface area contributed by atoms with Crippen LogP contribution in [-0.4, -0.2) is 77.1 Å². The minimum Gasteiger partial charge on any atom is -0.480 e. The van der Waals surface area contributed by atoms with E-state index >= 15 is 0 Å². The van der Waals surface area contributed by atoms with Crippen molar-refractivity contribution in [3.63, 3.8) is 0 Å². The van der Waals surface area contributed by atoms with E-state index in [1.165, 1.54) is 7.11 Å². The predicted molar refractivity (Wildman–Crippen MR) is 105 cm³/mol. The molecular formula is C20H30N2O8. The van der Waals surface area contributed by atoms with Crippen molar-refractivity contribution in [1.29, 1.82) is 0 Å². The van der Waals surface area contributed by atoms with Crippen molar-refractivity contribution in [2.75, 3.05) is 26.9 Å². The predicted octanol–water partition coefficient (Wildman–Crippen LogP) is -0.252. The van der Waals surface area contributed by atoms with Gasteiger partial charge in [-0.25, -0.2) is 4.79 Å². The number of carboxylic acid groups (broad SMARTS) is 1. The Kier molecular flexibility index (Phi) is 8.82. The van der Waals surface area contributed by atoms with Gasteiger partial charge in [0.15, 0.2) is 0 Å². The van der Waals surface area contributed by atoms with Gasteiger partial charge < -0.3 is 35.4 Å². The number of esters is 2. The molecule has 30 heavy (non-hydrogen) atoms. The third kappa shape index (κ3) is 6.04. The zero-order valence-electron chi connectivity index (χ0n) is 17.0. The first-order valence-corrected chi connectivity index (χ1v) is 9.99. The third-order valence-electron chi connectivity index (χ3n) is 5.38. The molecule has 0 saturated heterocycles. The summed E-state index contributed by atoms with van der Waals surface area (Å²) in [6, 6.07) is -0.904. The van der Waals surface area contributed by atoms with Gasteiger partial charge >= 0.3 is 17.9 Å². The van der Waals surface area contributed by atoms with Gasteiger partial charge in [-0.15, -0.1) is 0 Å². The van der Waals surface area contributed by atoms with E-state index < -0.39 is 42.6 Å². The fraction of sp³-hybridized carbons (Fsp3) is 0.650. The Morgan fingerprint density at radius 3 is 2.63 bits per heavy atom. The summed E-state index contributed by atoms with van der Waals surface area (Å²) in [5.74, 6) is -2.79. The van der Waals surface area contributed by atoms with Crippen molar-refractivity contribution in [2.24, 2.45) is 17.6 Å². The number of unbranched alkanes of at least 4 members (excludes halogenated alkanes) is 1. The molecule has 4 atom stereocenters. The molecule has 0 radical (unpaired) electrons. The molecule has 0 aromatic rings. The van der Waals surface area contributed by atoms with Crippen LogP contribution in [0.3, 0.4) is 0 Å². The number of nitrogens with two attached hydrogens (primary N) is 1. The van der Waals surface area contributed by atoms with Gasteiger partial charge in [0.05, 0.1) is 25.2 Å². The summed E-state index contributed by atoms with van der Waals surface area (Å²) >= 11 is 0. The minimum atomic E-state index is -1.13. The van der Waals surface area contributed by atoms with Gasteiger partial charge in [0, 0.05) is 24.9 Å². The lowest BCUT2D eigenvalue weighted by molar-refractivity contribution is -0.150. The third-order valence-corrected chi connectivity index (χ3v) is 5.38. The molecule has 1 aliphatic heterocycles. The highest BCUT2D eigenvalue weighted by atomic mass is 16.5. The maximum Gasteiger partial charge on any atom is 0.335 e. The van der Waals surface area contributed by atoms with Gasteiger partial charge in [-0.05, 0) is 37.7 Å². The van der Waals surface area contributed by atoms with Crippen LogP contribution in [0, 0.1) is 11.8 Å². The van der Waals surface area contributed by atoms with Crippen molar-refractivity contribution in [1.82, 2.24) is 4.90 Å². The molecule has 0 spiro atoms. The largest absolute Gasteiger partial charge is 0.480 e. The monoisotopic (exact) mass is 426 g/mol. The smallest absolute Gasteiger partial charge is 0.335 e. The number of aliphatic hydroxyl groups excluding tert-OH is 2. The summed E-state index contributed by atoms with van der Waals surface area (Å²) in [5, 5.41) is 27.1. The molecule has 168 valence electrons. The van der Waals surface area contributed by atoms with Crippen molar-refractivity contribution >= 4 is 17.9 Å². The summed E-state index contributed by atoms with van der Waals surface area (Å²) in [4.78, 5) is 37.4. The van der Waals surface area contributed by atoms with Crippen LogP contribution in [-0.2, 0) is 23.9 Å². The number of methoxy groups -OCH3 is 1. The molecule has 1 fully saturated rings. The SMILES string of the molecule is COC(=O)C1=CN(CCCC[C@H](N)C(=O)O)C=C2C(C(=O)OCC(O)CO)CCC12. The lowest BCUT2D eigenvalue weighted by Gasteiger charge is -2.28. The van der Waals surface area contributed by atoms with Crippen molar-refractivity contribution < 1.29 is 39.2 Å². The van der Waals surface area contributed by atoms with Gasteiger partial charge in [-0.3, -0.25) is 9.59 Å². The summed E-state index contributed by atoms with van der Waals surface area (Å²) in [6.45, 7) is -0.275. The first kappa shape index (κ1) is 23.8. The van der Waals surface area contributed by atoms with E-state index in [1.807, 2.05) is 6.20 Å². The Morgan fingerprint density at radius 2 is 2.00 bits per heavy atom. The number of carbonyl (C=O) groups excluding carboxylic acids is 2. The first-order chi connectivity index (χ1) is 14.3. The molecule has 3 unspecified atom stereocenters. The molecule has 1 aliphatic carbocycles. The Bertz CT molecular complexity index is 705. The average Bonchev–Trinajstić information content (AvgIpc) is 3.17. The van der Waals surface area contributed by atoms with Crippen LogP contribution in [0.4, 0.5) is 0 Å². The standard InChI is InChI=1S/C20H30N2O8/c1-29-19(27)16-9-22(7-3-2-4-17(21)18(25)26)8-15-13(16)5-6-14(15)20(28)30-11-12(24)10-23/h8-9,12-14,17,23-24H,2-7,10-11,21H2,1H3,(H,25,26)/t12?,13?,14?,17-/m0/s1. The van der Waals surface area contributed by atoms with E-state index in [4.69, 9.17) is 25.4 Å². The number of rotatable bonds is 11. The molecule has 10 heteroatoms. The number of nitrogens with zero attached hydrogens (tertiary/aromatic N) is 1. The molecule has 10 nitrogen and oxygen atoms in total. The molecule has 1 saturated carbocycles. The van der Waals surface area contributed by atoms with Crippen LogP contribution in [0.15, 0.2) is 23.5 Å². The van der Waals surface area contributed by atoms with E-state index in [0.717, 1.165) is 5.57 Å². The highest BCUT2D eigenvalue weighted by Gasteiger charge is 2.42. The molecule has 5 N–H and O–H groups in total. The van der Waals surface area contributed by atoms with E-state index in [2.05, 4.69) is 0 Å². The van der Waals surface area contributed by atoms with E-state index in [1.54, 1.807) is 11.1 Å². The lowest BCUT2D eigenvalue weighted by Crippen LogP contribution is -2.30. The number of carbonyl (C=O) groups is 3. The molecular weight excluding hydrogens is 396 g/mol. The molecule has 0 bridgehead atoms. The number of aliphatic hydroxyl groups is 2. The summed E-state index contributed by atoms with van der Waals surface area (Å²) < 4.78 is 10.0. The normalized spacial score (nSPS) is 22.5. The second-order valence-electron chi connectivity index (χ2n) is 7.53. The van der Waals surface area contributed by atoms with E-state index in [0.29, 0.717) is 44.2 Å². The summed E-state index contributed by atoms with van der Waals surface area (Å²) in [6.07, 6.45) is 5.09. The van der Waals surface area contributed by atoms with Crippen LogP contribution >= 0.6 is 0 Å². The van der Waals surface area contributed by atoms with Crippen LogP contribution in [0.5, 0.6) is 0 Å². The first-order valence-electron chi connectivity index (χ1n) is 9.99. The Hall–Kier alpha value is -2.43. The Balaban J connectivity index is 2.06. The molecule has 2 rings (SSSR count). The maximum absolute atomic E-state index is 12.5. The highest BCUT2D eigenvalue weighted by Crippen LogP contribution is 2.44. The summed E-state index contributed by atoms with van der Waals surface area (Å²) in [5.41, 5.74) is 6.73. The van der Waals surface area contributed by atoms with Crippen molar-refractivity contribution in [3.05, 3.63) is 23.5 Å². The Morgan fingerprint density at radius 1 is 1.27 bits per heavy atom. The van der Waals surface area contributed by atoms with Crippen LogP contribution in [0.1, 0.15) is 32.1 Å². The topological polar surface area (TPSA) is 160 Å². The van der Waals surface area contributed by atoms with Gasteiger partial charge in [-0.2, -0.15) is 0 Å². The van der Waals surface area contributed by atoms with Gasteiger partial charge in [-0.1, -0.05) is 0 Å². The summed E-state index contributed by atoms with van der Waals surface area (Å²) in [7, 11) is 1.30. The zero-order chi connectivity index (χ0) is 22.3. The molecule has 1 heterocycles. The second-order valence-corrected chi connectivity index (χ2v) is 7.53. The maximum atomic E-state index is 12.5. The number of aliphatic carboxylic acids is 1. The van der Waals surface area contributed by atoms with Crippen LogP contribution in [0.25, 0.3) is 0 Å². The van der Waals surface area contributed by atoms with Crippen LogP contribution in [0.2, 0.25) is 0 Å². The van der Waals surface area contributed by atoms with Gasteiger partial charge in [0.2, 0.25) is 0 Å². The quantitative estimate of drug-likeness (QED) is 0.256.